The highest BCUT2D eigenvalue weighted by Gasteiger charge is 2.26. The van der Waals surface area contributed by atoms with Crippen molar-refractivity contribution >= 4 is 22.7 Å². The number of carbonyl (C=O) groups excluding carboxylic acids is 2. The van der Waals surface area contributed by atoms with E-state index >= 15 is 0 Å². The largest absolute Gasteiger partial charge is 0.422 e. The Morgan fingerprint density at radius 3 is 1.85 bits per heavy atom. The molecule has 0 fully saturated rings. The van der Waals surface area contributed by atoms with Gasteiger partial charge in [0.2, 0.25) is 0 Å². The summed E-state index contributed by atoms with van der Waals surface area (Å²) in [4.78, 5) is 24.5. The first-order valence-electron chi connectivity index (χ1n) is 8.77. The number of hydrogen-bond donors (Lipinski definition) is 0. The van der Waals surface area contributed by atoms with Crippen molar-refractivity contribution in [2.75, 3.05) is 0 Å². The lowest BCUT2D eigenvalue weighted by atomic mass is 9.87. The Labute approximate surface area is 158 Å². The second-order valence-electron chi connectivity index (χ2n) is 6.93. The molecule has 0 spiro atoms. The number of fused-ring (bicyclic) bond motifs is 2. The first-order valence-corrected chi connectivity index (χ1v) is 8.77. The monoisotopic (exact) mass is 362 g/mol. The summed E-state index contributed by atoms with van der Waals surface area (Å²) in [6.07, 6.45) is 3.32. The summed E-state index contributed by atoms with van der Waals surface area (Å²) in [7, 11) is 0. The van der Waals surface area contributed by atoms with Gasteiger partial charge in [-0.05, 0) is 33.6 Å². The average Bonchev–Trinajstić information content (AvgIpc) is 2.63. The maximum Gasteiger partial charge on any atom is 0.338 e. The molecule has 0 saturated heterocycles. The Balaban J connectivity index is 2.29. The van der Waals surface area contributed by atoms with Gasteiger partial charge >= 0.3 is 11.9 Å². The topological polar surface area (TPSA) is 52.6 Å². The van der Waals surface area contributed by atoms with Crippen LogP contribution in [-0.4, -0.2) is 11.9 Å². The van der Waals surface area contributed by atoms with Crippen LogP contribution in [0.3, 0.4) is 0 Å². The molecule has 0 bridgehead atoms. The Bertz CT molecular complexity index is 1020. The molecule has 0 aliphatic heterocycles. The number of allylic oxidation sites excluding steroid dienone is 2. The number of benzene rings is 2. The van der Waals surface area contributed by atoms with Crippen molar-refractivity contribution < 1.29 is 19.1 Å². The van der Waals surface area contributed by atoms with Gasteiger partial charge in [0, 0.05) is 33.0 Å². The lowest BCUT2D eigenvalue weighted by molar-refractivity contribution is -0.131. The summed E-state index contributed by atoms with van der Waals surface area (Å²) in [5, 5.41) is 1.45. The van der Waals surface area contributed by atoms with E-state index in [0.717, 1.165) is 21.9 Å². The number of hydrogen-bond acceptors (Lipinski definition) is 4. The number of esters is 2. The minimum absolute atomic E-state index is 0.327. The summed E-state index contributed by atoms with van der Waals surface area (Å²) >= 11 is 0. The first kappa shape index (κ1) is 18.6. The van der Waals surface area contributed by atoms with Crippen molar-refractivity contribution in [1.82, 2.24) is 0 Å². The van der Waals surface area contributed by atoms with Gasteiger partial charge in [-0.1, -0.05) is 49.1 Å². The lowest BCUT2D eigenvalue weighted by Crippen LogP contribution is -2.16. The van der Waals surface area contributed by atoms with E-state index in [2.05, 4.69) is 19.2 Å². The number of ether oxygens (including phenoxy) is 2. The molecule has 138 valence electrons. The van der Waals surface area contributed by atoms with Gasteiger partial charge in [0.25, 0.3) is 0 Å². The molecule has 1 aliphatic rings. The molecule has 0 saturated carbocycles. The molecule has 27 heavy (non-hydrogen) atoms. The van der Waals surface area contributed by atoms with Gasteiger partial charge in [-0.25, -0.2) is 9.59 Å². The lowest BCUT2D eigenvalue weighted by Gasteiger charge is -2.24. The fraction of sp³-hybridized carbons (Fsp3) is 0.217. The molecule has 0 aromatic heterocycles. The smallest absolute Gasteiger partial charge is 0.338 e. The van der Waals surface area contributed by atoms with Crippen molar-refractivity contribution in [2.45, 2.75) is 33.6 Å². The minimum Gasteiger partial charge on any atom is -0.422 e. The molecule has 3 rings (SSSR count). The SMILES string of the molecule is C=C(C)C(=O)Oc1c2c(c(OC(=O)C(=C)C)c3ccccc13)CC(C)=CC2. The van der Waals surface area contributed by atoms with Crippen molar-refractivity contribution in [2.24, 2.45) is 0 Å². The zero-order chi connectivity index (χ0) is 19.7. The molecule has 1 aliphatic carbocycles. The van der Waals surface area contributed by atoms with Crippen LogP contribution >= 0.6 is 0 Å². The van der Waals surface area contributed by atoms with Crippen LogP contribution in [0.2, 0.25) is 0 Å². The molecule has 0 heterocycles. The summed E-state index contributed by atoms with van der Waals surface area (Å²) in [5.74, 6) is 0.0743. The fourth-order valence-corrected chi connectivity index (χ4v) is 3.10. The molecular formula is C23H22O4. The van der Waals surface area contributed by atoms with Gasteiger partial charge in [0.15, 0.2) is 0 Å². The predicted octanol–water partition coefficient (Wildman–Crippen LogP) is 4.85. The van der Waals surface area contributed by atoms with E-state index in [9.17, 15) is 9.59 Å². The van der Waals surface area contributed by atoms with Crippen LogP contribution < -0.4 is 9.47 Å². The highest BCUT2D eigenvalue weighted by atomic mass is 16.5. The van der Waals surface area contributed by atoms with Crippen molar-refractivity contribution in [1.29, 1.82) is 0 Å². The minimum atomic E-state index is -0.472. The second kappa shape index (κ2) is 7.23. The number of carbonyl (C=O) groups is 2. The van der Waals surface area contributed by atoms with Gasteiger partial charge < -0.3 is 9.47 Å². The van der Waals surface area contributed by atoms with Crippen LogP contribution in [-0.2, 0) is 22.4 Å². The van der Waals surface area contributed by atoms with Gasteiger partial charge in [-0.15, -0.1) is 0 Å². The maximum absolute atomic E-state index is 12.2. The molecule has 0 amide bonds. The molecule has 0 N–H and O–H groups in total. The predicted molar refractivity (Wildman–Crippen MR) is 106 cm³/mol. The molecule has 0 atom stereocenters. The van der Waals surface area contributed by atoms with E-state index in [0.29, 0.717) is 35.5 Å². The Kier molecular flexibility index (Phi) is 5.00. The van der Waals surface area contributed by atoms with Crippen molar-refractivity contribution in [3.63, 3.8) is 0 Å². The number of rotatable bonds is 4. The third kappa shape index (κ3) is 3.56. The zero-order valence-electron chi connectivity index (χ0n) is 15.8. The van der Waals surface area contributed by atoms with Crippen LogP contribution in [0.25, 0.3) is 10.8 Å². The fourth-order valence-electron chi connectivity index (χ4n) is 3.10. The molecule has 0 radical (unpaired) electrons. The third-order valence-corrected chi connectivity index (χ3v) is 4.53. The van der Waals surface area contributed by atoms with Crippen molar-refractivity contribution in [3.8, 4) is 11.5 Å². The van der Waals surface area contributed by atoms with Crippen LogP contribution in [0.5, 0.6) is 11.5 Å². The van der Waals surface area contributed by atoms with E-state index in [4.69, 9.17) is 9.47 Å². The standard InChI is InChI=1S/C23H22O4/c1-13(2)22(24)26-20-16-8-6-7-9-17(16)21(27-23(25)14(3)4)19-12-15(5)10-11-18(19)20/h6-10H,1,3,11-12H2,2,4-5H3. The zero-order valence-corrected chi connectivity index (χ0v) is 15.8. The molecule has 0 unspecified atom stereocenters. The molecule has 2 aromatic rings. The summed E-state index contributed by atoms with van der Waals surface area (Å²) in [6, 6.07) is 7.45. The highest BCUT2D eigenvalue weighted by Crippen LogP contribution is 2.44. The Hall–Kier alpha value is -3.14. The van der Waals surface area contributed by atoms with Gasteiger partial charge in [-0.2, -0.15) is 0 Å². The second-order valence-corrected chi connectivity index (χ2v) is 6.93. The average molecular weight is 362 g/mol. The van der Waals surface area contributed by atoms with E-state index in [-0.39, 0.29) is 0 Å². The summed E-state index contributed by atoms with van der Waals surface area (Å²) in [6.45, 7) is 12.6. The van der Waals surface area contributed by atoms with E-state index in [1.54, 1.807) is 13.8 Å². The van der Waals surface area contributed by atoms with E-state index in [1.807, 2.05) is 31.2 Å². The molecule has 4 heteroatoms. The first-order chi connectivity index (χ1) is 12.8. The maximum atomic E-state index is 12.2. The van der Waals surface area contributed by atoms with Crippen LogP contribution in [0.1, 0.15) is 31.9 Å². The summed E-state index contributed by atoms with van der Waals surface area (Å²) in [5.41, 5.74) is 3.55. The van der Waals surface area contributed by atoms with Gasteiger partial charge in [0.1, 0.15) is 11.5 Å². The van der Waals surface area contributed by atoms with Gasteiger partial charge in [0.05, 0.1) is 0 Å². The van der Waals surface area contributed by atoms with Crippen LogP contribution in [0.15, 0.2) is 60.2 Å². The Morgan fingerprint density at radius 1 is 0.889 bits per heavy atom. The van der Waals surface area contributed by atoms with Crippen molar-refractivity contribution in [3.05, 3.63) is 71.3 Å². The normalized spacial score (nSPS) is 12.8. The Morgan fingerprint density at radius 2 is 1.37 bits per heavy atom. The van der Waals surface area contributed by atoms with Crippen LogP contribution in [0, 0.1) is 0 Å². The van der Waals surface area contributed by atoms with Crippen LogP contribution in [0.4, 0.5) is 0 Å². The molecule has 2 aromatic carbocycles. The van der Waals surface area contributed by atoms with Gasteiger partial charge in [-0.3, -0.25) is 0 Å². The summed E-state index contributed by atoms with van der Waals surface area (Å²) < 4.78 is 11.4. The quantitative estimate of drug-likeness (QED) is 0.338. The van der Waals surface area contributed by atoms with E-state index < -0.39 is 11.9 Å². The molecule has 4 nitrogen and oxygen atoms in total. The highest BCUT2D eigenvalue weighted by molar-refractivity contribution is 6.01. The molecular weight excluding hydrogens is 340 g/mol. The van der Waals surface area contributed by atoms with E-state index in [1.165, 1.54) is 5.57 Å². The third-order valence-electron chi connectivity index (χ3n) is 4.53.